The van der Waals surface area contributed by atoms with Crippen LogP contribution in [0.5, 0.6) is 0 Å². The molecule has 2 saturated heterocycles. The van der Waals surface area contributed by atoms with E-state index in [9.17, 15) is 0 Å². The summed E-state index contributed by atoms with van der Waals surface area (Å²) >= 11 is 0. The highest BCUT2D eigenvalue weighted by Crippen LogP contribution is 2.24. The van der Waals surface area contributed by atoms with Crippen molar-refractivity contribution in [2.24, 2.45) is 0 Å². The Balaban J connectivity index is 1.45. The first-order valence-corrected chi connectivity index (χ1v) is 8.45. The summed E-state index contributed by atoms with van der Waals surface area (Å²) in [6, 6.07) is 8.50. The predicted molar refractivity (Wildman–Crippen MR) is 85.9 cm³/mol. The van der Waals surface area contributed by atoms with Crippen LogP contribution in [0.2, 0.25) is 0 Å². The van der Waals surface area contributed by atoms with E-state index in [1.54, 1.807) is 0 Å². The maximum atomic E-state index is 5.96. The van der Waals surface area contributed by atoms with E-state index in [1.807, 2.05) is 0 Å². The maximum Gasteiger partial charge on any atom is 0.157 e. The standard InChI is InChI=1S/C18H27NO3/c1-15-6-2-3-7-16(15)17-14-19(9-12-20-17)10-13-22-18-8-4-5-11-21-18/h2-3,6-7,17-18H,4-5,8-14H2,1H3. The van der Waals surface area contributed by atoms with E-state index in [0.717, 1.165) is 45.9 Å². The van der Waals surface area contributed by atoms with Crippen molar-refractivity contribution >= 4 is 0 Å². The summed E-state index contributed by atoms with van der Waals surface area (Å²) in [6.45, 7) is 7.41. The molecule has 2 atom stereocenters. The molecular weight excluding hydrogens is 278 g/mol. The summed E-state index contributed by atoms with van der Waals surface area (Å²) in [5.41, 5.74) is 2.62. The van der Waals surface area contributed by atoms with Crippen LogP contribution in [0.3, 0.4) is 0 Å². The molecule has 0 amide bonds. The van der Waals surface area contributed by atoms with Crippen molar-refractivity contribution < 1.29 is 14.2 Å². The van der Waals surface area contributed by atoms with Crippen LogP contribution < -0.4 is 0 Å². The minimum absolute atomic E-state index is 0.0157. The Hall–Kier alpha value is -0.940. The quantitative estimate of drug-likeness (QED) is 0.837. The third-order valence-corrected chi connectivity index (χ3v) is 4.54. The molecule has 0 saturated carbocycles. The number of ether oxygens (including phenoxy) is 3. The minimum atomic E-state index is 0.0157. The molecule has 2 aliphatic rings. The molecule has 1 aromatic rings. The fraction of sp³-hybridized carbons (Fsp3) is 0.667. The van der Waals surface area contributed by atoms with Crippen molar-refractivity contribution in [3.8, 4) is 0 Å². The van der Waals surface area contributed by atoms with Crippen molar-refractivity contribution in [1.82, 2.24) is 4.90 Å². The molecule has 22 heavy (non-hydrogen) atoms. The third-order valence-electron chi connectivity index (χ3n) is 4.54. The molecule has 0 spiro atoms. The molecular formula is C18H27NO3. The van der Waals surface area contributed by atoms with Gasteiger partial charge < -0.3 is 14.2 Å². The lowest BCUT2D eigenvalue weighted by Gasteiger charge is -2.34. The number of hydrogen-bond donors (Lipinski definition) is 0. The number of morpholine rings is 1. The summed E-state index contributed by atoms with van der Waals surface area (Å²) in [5.74, 6) is 0. The first kappa shape index (κ1) is 15.9. The Bertz CT molecular complexity index is 459. The zero-order chi connectivity index (χ0) is 15.2. The molecule has 1 aromatic carbocycles. The number of rotatable bonds is 5. The average molecular weight is 305 g/mol. The highest BCUT2D eigenvalue weighted by molar-refractivity contribution is 5.28. The summed E-state index contributed by atoms with van der Waals surface area (Å²) < 4.78 is 17.4. The molecule has 2 heterocycles. The van der Waals surface area contributed by atoms with Gasteiger partial charge in [0.1, 0.15) is 0 Å². The normalized spacial score (nSPS) is 27.0. The molecule has 4 nitrogen and oxygen atoms in total. The van der Waals surface area contributed by atoms with Crippen LogP contribution in [-0.2, 0) is 14.2 Å². The van der Waals surface area contributed by atoms with Gasteiger partial charge in [-0.3, -0.25) is 4.90 Å². The molecule has 3 rings (SSSR count). The van der Waals surface area contributed by atoms with Gasteiger partial charge in [0.25, 0.3) is 0 Å². The third kappa shape index (κ3) is 4.29. The largest absolute Gasteiger partial charge is 0.371 e. The fourth-order valence-electron chi connectivity index (χ4n) is 3.20. The Kier molecular flexibility index (Phi) is 5.84. The first-order valence-electron chi connectivity index (χ1n) is 8.45. The van der Waals surface area contributed by atoms with Crippen molar-refractivity contribution in [3.05, 3.63) is 35.4 Å². The molecule has 2 aliphatic heterocycles. The van der Waals surface area contributed by atoms with Crippen molar-refractivity contribution in [2.75, 3.05) is 39.5 Å². The van der Waals surface area contributed by atoms with Crippen LogP contribution in [0.4, 0.5) is 0 Å². The van der Waals surface area contributed by atoms with Crippen molar-refractivity contribution in [2.45, 2.75) is 38.6 Å². The van der Waals surface area contributed by atoms with Crippen LogP contribution in [0.1, 0.15) is 36.5 Å². The van der Waals surface area contributed by atoms with Gasteiger partial charge in [-0.05, 0) is 37.3 Å². The molecule has 2 unspecified atom stereocenters. The van der Waals surface area contributed by atoms with E-state index >= 15 is 0 Å². The zero-order valence-electron chi connectivity index (χ0n) is 13.5. The Labute approximate surface area is 133 Å². The highest BCUT2D eigenvalue weighted by atomic mass is 16.7. The summed E-state index contributed by atoms with van der Waals surface area (Å²) in [4.78, 5) is 2.43. The second-order valence-electron chi connectivity index (χ2n) is 6.18. The van der Waals surface area contributed by atoms with Gasteiger partial charge in [0.2, 0.25) is 0 Å². The second-order valence-corrected chi connectivity index (χ2v) is 6.18. The first-order chi connectivity index (χ1) is 10.8. The Morgan fingerprint density at radius 2 is 2.09 bits per heavy atom. The lowest BCUT2D eigenvalue weighted by atomic mass is 10.0. The Morgan fingerprint density at radius 1 is 1.18 bits per heavy atom. The summed E-state index contributed by atoms with van der Waals surface area (Å²) in [7, 11) is 0. The van der Waals surface area contributed by atoms with Gasteiger partial charge in [-0.1, -0.05) is 24.3 Å². The van der Waals surface area contributed by atoms with Gasteiger partial charge in [0.15, 0.2) is 6.29 Å². The zero-order valence-corrected chi connectivity index (χ0v) is 13.5. The second kappa shape index (κ2) is 8.06. The summed E-state index contributed by atoms with van der Waals surface area (Å²) in [5, 5.41) is 0. The van der Waals surface area contributed by atoms with Gasteiger partial charge in [-0.25, -0.2) is 0 Å². The van der Waals surface area contributed by atoms with Crippen molar-refractivity contribution in [1.29, 1.82) is 0 Å². The fourth-order valence-corrected chi connectivity index (χ4v) is 3.20. The van der Waals surface area contributed by atoms with E-state index in [4.69, 9.17) is 14.2 Å². The van der Waals surface area contributed by atoms with E-state index in [-0.39, 0.29) is 12.4 Å². The van der Waals surface area contributed by atoms with Crippen LogP contribution >= 0.6 is 0 Å². The van der Waals surface area contributed by atoms with Gasteiger partial charge in [-0.15, -0.1) is 0 Å². The van der Waals surface area contributed by atoms with Crippen LogP contribution in [-0.4, -0.2) is 50.6 Å². The lowest BCUT2D eigenvalue weighted by molar-refractivity contribution is -0.166. The smallest absolute Gasteiger partial charge is 0.157 e. The molecule has 122 valence electrons. The number of benzene rings is 1. The van der Waals surface area contributed by atoms with Crippen molar-refractivity contribution in [3.63, 3.8) is 0 Å². The van der Waals surface area contributed by atoms with Gasteiger partial charge >= 0.3 is 0 Å². The number of nitrogens with zero attached hydrogens (tertiary/aromatic N) is 1. The van der Waals surface area contributed by atoms with Crippen LogP contribution in [0.15, 0.2) is 24.3 Å². The molecule has 0 aromatic heterocycles. The van der Waals surface area contributed by atoms with Crippen LogP contribution in [0, 0.1) is 6.92 Å². The summed E-state index contributed by atoms with van der Waals surface area (Å²) in [6.07, 6.45) is 3.62. The van der Waals surface area contributed by atoms with E-state index in [2.05, 4.69) is 36.1 Å². The molecule has 0 radical (unpaired) electrons. The minimum Gasteiger partial charge on any atom is -0.371 e. The monoisotopic (exact) mass is 305 g/mol. The average Bonchev–Trinajstić information content (AvgIpc) is 2.57. The van der Waals surface area contributed by atoms with Crippen LogP contribution in [0.25, 0.3) is 0 Å². The van der Waals surface area contributed by atoms with E-state index in [1.165, 1.54) is 24.0 Å². The molecule has 0 aliphatic carbocycles. The number of aryl methyl sites for hydroxylation is 1. The lowest BCUT2D eigenvalue weighted by Crippen LogP contribution is -2.40. The van der Waals surface area contributed by atoms with Gasteiger partial charge in [0, 0.05) is 26.2 Å². The highest BCUT2D eigenvalue weighted by Gasteiger charge is 2.23. The number of hydrogen-bond acceptors (Lipinski definition) is 4. The molecule has 2 fully saturated rings. The Morgan fingerprint density at radius 3 is 2.91 bits per heavy atom. The molecule has 0 N–H and O–H groups in total. The van der Waals surface area contributed by atoms with Gasteiger partial charge in [-0.2, -0.15) is 0 Å². The molecule has 4 heteroatoms. The SMILES string of the molecule is Cc1ccccc1C1CN(CCOC2CCCCO2)CCO1. The molecule has 0 bridgehead atoms. The maximum absolute atomic E-state index is 5.96. The predicted octanol–water partition coefficient (Wildman–Crippen LogP) is 2.91. The van der Waals surface area contributed by atoms with E-state index < -0.39 is 0 Å². The van der Waals surface area contributed by atoms with Gasteiger partial charge in [0.05, 0.1) is 19.3 Å². The van der Waals surface area contributed by atoms with E-state index in [0.29, 0.717) is 0 Å². The topological polar surface area (TPSA) is 30.9 Å².